The van der Waals surface area contributed by atoms with Crippen LogP contribution in [0.25, 0.3) is 0 Å². The summed E-state index contributed by atoms with van der Waals surface area (Å²) >= 11 is 7.19. The lowest BCUT2D eigenvalue weighted by atomic mass is 10.0. The van der Waals surface area contributed by atoms with Gasteiger partial charge in [0.05, 0.1) is 21.4 Å². The highest BCUT2D eigenvalue weighted by atomic mass is 35.5. The summed E-state index contributed by atoms with van der Waals surface area (Å²) in [7, 11) is 0. The second-order valence-electron chi connectivity index (χ2n) is 9.63. The van der Waals surface area contributed by atoms with E-state index in [2.05, 4.69) is 17.0 Å². The molecule has 2 aromatic carbocycles. The Labute approximate surface area is 229 Å². The first-order valence-electron chi connectivity index (χ1n) is 12.6. The van der Waals surface area contributed by atoms with Crippen molar-refractivity contribution in [3.8, 4) is 5.75 Å². The van der Waals surface area contributed by atoms with E-state index in [9.17, 15) is 14.4 Å². The smallest absolute Gasteiger partial charge is 0.415 e. The van der Waals surface area contributed by atoms with E-state index in [0.29, 0.717) is 40.2 Å². The zero-order valence-corrected chi connectivity index (χ0v) is 22.1. The van der Waals surface area contributed by atoms with Gasteiger partial charge < -0.3 is 14.4 Å². The van der Waals surface area contributed by atoms with Crippen LogP contribution in [-0.2, 0) is 16.1 Å². The molecule has 2 atom stereocenters. The molecule has 4 heterocycles. The van der Waals surface area contributed by atoms with Crippen LogP contribution in [0.15, 0.2) is 60.7 Å². The van der Waals surface area contributed by atoms with Gasteiger partial charge >= 0.3 is 6.09 Å². The number of fused-ring (bicyclic) bond motifs is 3. The van der Waals surface area contributed by atoms with Crippen LogP contribution >= 0.6 is 22.9 Å². The lowest BCUT2D eigenvalue weighted by Crippen LogP contribution is -2.50. The van der Waals surface area contributed by atoms with Gasteiger partial charge in [-0.25, -0.2) is 4.79 Å². The normalized spacial score (nSPS) is 21.1. The molecule has 0 N–H and O–H groups in total. The molecule has 0 unspecified atom stereocenters. The fourth-order valence-electron chi connectivity index (χ4n) is 5.27. The fraction of sp³-hybridized carbons (Fsp3) is 0.321. The first-order valence-corrected chi connectivity index (χ1v) is 13.8. The monoisotopic (exact) mass is 551 g/mol. The van der Waals surface area contributed by atoms with Gasteiger partial charge in [0.25, 0.3) is 0 Å². The quantitative estimate of drug-likeness (QED) is 0.385. The van der Waals surface area contributed by atoms with Gasteiger partial charge in [-0.2, -0.15) is 0 Å². The predicted molar refractivity (Wildman–Crippen MR) is 145 cm³/mol. The summed E-state index contributed by atoms with van der Waals surface area (Å²) in [5, 5.41) is 0. The number of carbonyl (C=O) groups is 3. The number of amides is 2. The maximum Gasteiger partial charge on any atom is 0.415 e. The lowest BCUT2D eigenvalue weighted by molar-refractivity contribution is -0.121. The zero-order chi connectivity index (χ0) is 26.2. The van der Waals surface area contributed by atoms with Gasteiger partial charge in [-0.15, -0.1) is 11.3 Å². The van der Waals surface area contributed by atoms with Crippen LogP contribution in [-0.4, -0.2) is 61.1 Å². The largest absolute Gasteiger partial charge is 0.489 e. The first kappa shape index (κ1) is 24.9. The number of piperazine rings is 1. The van der Waals surface area contributed by atoms with Crippen molar-refractivity contribution in [2.45, 2.75) is 31.5 Å². The Balaban J connectivity index is 1.11. The summed E-state index contributed by atoms with van der Waals surface area (Å²) in [6.07, 6.45) is -0.244. The number of anilines is 2. The Morgan fingerprint density at radius 1 is 1.05 bits per heavy atom. The number of ether oxygens (including phenoxy) is 2. The average molecular weight is 552 g/mol. The van der Waals surface area contributed by atoms with Crippen molar-refractivity contribution in [3.05, 3.63) is 75.4 Å². The Kier molecular flexibility index (Phi) is 6.82. The molecule has 0 spiro atoms. The van der Waals surface area contributed by atoms with Crippen LogP contribution in [0.1, 0.15) is 28.1 Å². The Morgan fingerprint density at radius 3 is 2.66 bits per heavy atom. The van der Waals surface area contributed by atoms with Crippen LogP contribution in [0.3, 0.4) is 0 Å². The van der Waals surface area contributed by atoms with Crippen molar-refractivity contribution >= 4 is 52.1 Å². The summed E-state index contributed by atoms with van der Waals surface area (Å²) in [6.45, 7) is 2.66. The van der Waals surface area contributed by atoms with Crippen LogP contribution in [0.5, 0.6) is 5.75 Å². The van der Waals surface area contributed by atoms with Crippen molar-refractivity contribution in [1.82, 2.24) is 4.90 Å². The molecule has 3 aliphatic heterocycles. The SMILES string of the molecule is O=C(CC[C@@H]1OC(=O)N2c3ccc(N4CCN(Cc5ccccc5)CC4=O)cc3OC[C@@H]12)c1ccc(Cl)s1. The van der Waals surface area contributed by atoms with Crippen molar-refractivity contribution in [3.63, 3.8) is 0 Å². The Bertz CT molecular complexity index is 1380. The standard InChI is InChI=1S/C28H26ClN3O5S/c29-26-11-10-25(38-26)22(33)8-9-23-21-17-36-24-14-19(6-7-20(24)32(21)28(35)37-23)31-13-12-30(16-27(31)34)15-18-4-2-1-3-5-18/h1-7,10-11,14,21,23H,8-9,12-13,15-17H2/t21-,23-/m0/s1. The molecule has 10 heteroatoms. The number of thiophene rings is 1. The van der Waals surface area contributed by atoms with E-state index in [1.165, 1.54) is 16.9 Å². The van der Waals surface area contributed by atoms with E-state index < -0.39 is 12.2 Å². The average Bonchev–Trinajstić information content (AvgIpc) is 3.50. The summed E-state index contributed by atoms with van der Waals surface area (Å²) in [5.41, 5.74) is 2.54. The van der Waals surface area contributed by atoms with Gasteiger partial charge in [0, 0.05) is 37.8 Å². The molecule has 2 amide bonds. The van der Waals surface area contributed by atoms with E-state index >= 15 is 0 Å². The van der Waals surface area contributed by atoms with Crippen LogP contribution < -0.4 is 14.5 Å². The van der Waals surface area contributed by atoms with Gasteiger partial charge in [-0.3, -0.25) is 19.4 Å². The topological polar surface area (TPSA) is 79.4 Å². The molecule has 0 radical (unpaired) electrons. The third-order valence-electron chi connectivity index (χ3n) is 7.19. The number of halogens is 1. The minimum atomic E-state index is -0.450. The Morgan fingerprint density at radius 2 is 1.89 bits per heavy atom. The zero-order valence-electron chi connectivity index (χ0n) is 20.5. The number of Topliss-reactive ketones (excluding diaryl/α,β-unsaturated/α-hetero) is 1. The van der Waals surface area contributed by atoms with E-state index in [0.717, 1.165) is 18.8 Å². The molecule has 0 saturated carbocycles. The molecular weight excluding hydrogens is 526 g/mol. The molecule has 0 aliphatic carbocycles. The number of carbonyl (C=O) groups excluding carboxylic acids is 3. The lowest BCUT2D eigenvalue weighted by Gasteiger charge is -2.36. The summed E-state index contributed by atoms with van der Waals surface area (Å²) < 4.78 is 12.3. The van der Waals surface area contributed by atoms with Gasteiger partial charge in [0.1, 0.15) is 24.5 Å². The van der Waals surface area contributed by atoms with Crippen LogP contribution in [0.4, 0.5) is 16.2 Å². The molecule has 8 nitrogen and oxygen atoms in total. The van der Waals surface area contributed by atoms with E-state index in [4.69, 9.17) is 21.1 Å². The number of hydrogen-bond acceptors (Lipinski definition) is 7. The van der Waals surface area contributed by atoms with E-state index in [-0.39, 0.29) is 30.8 Å². The molecule has 1 aromatic heterocycles. The number of rotatable bonds is 7. The molecule has 2 fully saturated rings. The van der Waals surface area contributed by atoms with Gasteiger partial charge in [0.2, 0.25) is 5.91 Å². The molecule has 6 rings (SSSR count). The molecule has 196 valence electrons. The molecule has 2 saturated heterocycles. The van der Waals surface area contributed by atoms with Gasteiger partial charge in [-0.1, -0.05) is 41.9 Å². The second kappa shape index (κ2) is 10.4. The number of ketones is 1. The van der Waals surface area contributed by atoms with E-state index in [1.807, 2.05) is 36.4 Å². The Hall–Kier alpha value is -3.40. The summed E-state index contributed by atoms with van der Waals surface area (Å²) in [4.78, 5) is 44.4. The molecule has 3 aliphatic rings. The number of hydrogen-bond donors (Lipinski definition) is 0. The number of cyclic esters (lactones) is 1. The second-order valence-corrected chi connectivity index (χ2v) is 11.3. The highest BCUT2D eigenvalue weighted by Crippen LogP contribution is 2.42. The summed E-state index contributed by atoms with van der Waals surface area (Å²) in [6, 6.07) is 18.7. The molecular formula is C28H26ClN3O5S. The van der Waals surface area contributed by atoms with Crippen molar-refractivity contribution in [1.29, 1.82) is 0 Å². The molecule has 0 bridgehead atoms. The maximum atomic E-state index is 13.0. The highest BCUT2D eigenvalue weighted by Gasteiger charge is 2.46. The first-order chi connectivity index (χ1) is 18.5. The molecule has 38 heavy (non-hydrogen) atoms. The molecule has 3 aromatic rings. The predicted octanol–water partition coefficient (Wildman–Crippen LogP) is 5.00. The third-order valence-corrected chi connectivity index (χ3v) is 8.46. The van der Waals surface area contributed by atoms with Gasteiger partial charge in [0.15, 0.2) is 5.78 Å². The summed E-state index contributed by atoms with van der Waals surface area (Å²) in [5.74, 6) is 0.546. The van der Waals surface area contributed by atoms with Crippen LogP contribution in [0.2, 0.25) is 4.34 Å². The minimum Gasteiger partial charge on any atom is -0.489 e. The van der Waals surface area contributed by atoms with E-state index in [1.54, 1.807) is 21.9 Å². The fourth-order valence-corrected chi connectivity index (χ4v) is 6.28. The maximum absolute atomic E-state index is 13.0. The highest BCUT2D eigenvalue weighted by molar-refractivity contribution is 7.18. The van der Waals surface area contributed by atoms with Crippen molar-refractivity contribution in [2.24, 2.45) is 0 Å². The van der Waals surface area contributed by atoms with Gasteiger partial charge in [-0.05, 0) is 36.2 Å². The minimum absolute atomic E-state index is 0.0216. The van der Waals surface area contributed by atoms with Crippen LogP contribution in [0, 0.1) is 0 Å². The van der Waals surface area contributed by atoms with Crippen molar-refractivity contribution < 1.29 is 23.9 Å². The third kappa shape index (κ3) is 4.89. The number of nitrogens with zero attached hydrogens (tertiary/aromatic N) is 3. The van der Waals surface area contributed by atoms with Crippen molar-refractivity contribution in [2.75, 3.05) is 36.0 Å². The number of benzene rings is 2.